The second-order valence-electron chi connectivity index (χ2n) is 5.76. The van der Waals surface area contributed by atoms with Gasteiger partial charge < -0.3 is 10.6 Å². The molecule has 2 N–H and O–H groups in total. The van der Waals surface area contributed by atoms with Crippen molar-refractivity contribution < 1.29 is 9.18 Å². The summed E-state index contributed by atoms with van der Waals surface area (Å²) < 4.78 is 13.6. The van der Waals surface area contributed by atoms with Crippen molar-refractivity contribution in [2.24, 2.45) is 0 Å². The van der Waals surface area contributed by atoms with Gasteiger partial charge in [-0.15, -0.1) is 0 Å². The van der Waals surface area contributed by atoms with Crippen molar-refractivity contribution in [1.82, 2.24) is 5.32 Å². The number of hydrogen-bond donors (Lipinski definition) is 2. The topological polar surface area (TPSA) is 41.1 Å². The molecular weight excluding hydrogens is 350 g/mol. The molecule has 0 aliphatic rings. The van der Waals surface area contributed by atoms with Crippen molar-refractivity contribution in [3.05, 3.63) is 62.9 Å². The van der Waals surface area contributed by atoms with Crippen LogP contribution in [0.15, 0.2) is 30.3 Å². The molecule has 0 saturated carbocycles. The smallest absolute Gasteiger partial charge is 0.238 e. The van der Waals surface area contributed by atoms with Gasteiger partial charge in [-0.1, -0.05) is 40.9 Å². The summed E-state index contributed by atoms with van der Waals surface area (Å²) in [5, 5.41) is 6.21. The van der Waals surface area contributed by atoms with E-state index in [1.807, 2.05) is 32.0 Å². The van der Waals surface area contributed by atoms with Gasteiger partial charge in [0.05, 0.1) is 11.6 Å². The largest absolute Gasteiger partial charge is 0.325 e. The van der Waals surface area contributed by atoms with Gasteiger partial charge in [-0.25, -0.2) is 4.39 Å². The molecule has 0 radical (unpaired) electrons. The zero-order valence-corrected chi connectivity index (χ0v) is 15.2. The van der Waals surface area contributed by atoms with E-state index < -0.39 is 5.82 Å². The maximum absolute atomic E-state index is 13.6. The Morgan fingerprint density at radius 3 is 2.54 bits per heavy atom. The number of hydrogen-bond acceptors (Lipinski definition) is 2. The van der Waals surface area contributed by atoms with Crippen molar-refractivity contribution in [3.63, 3.8) is 0 Å². The molecule has 0 saturated heterocycles. The Bertz CT molecular complexity index is 765. The van der Waals surface area contributed by atoms with Crippen LogP contribution in [0.25, 0.3) is 0 Å². The quantitative estimate of drug-likeness (QED) is 0.725. The molecule has 0 heterocycles. The predicted molar refractivity (Wildman–Crippen MR) is 97.4 cm³/mol. The van der Waals surface area contributed by atoms with Gasteiger partial charge in [0.15, 0.2) is 0 Å². The lowest BCUT2D eigenvalue weighted by Crippen LogP contribution is -2.30. The van der Waals surface area contributed by atoms with Crippen LogP contribution in [-0.4, -0.2) is 12.5 Å². The maximum Gasteiger partial charge on any atom is 0.238 e. The lowest BCUT2D eigenvalue weighted by atomic mass is 10.1. The minimum absolute atomic E-state index is 0.0245. The molecular formula is C18H19Cl2FN2O. The second kappa shape index (κ2) is 7.97. The fourth-order valence-corrected chi connectivity index (χ4v) is 2.92. The van der Waals surface area contributed by atoms with E-state index in [9.17, 15) is 9.18 Å². The zero-order valence-electron chi connectivity index (χ0n) is 13.7. The van der Waals surface area contributed by atoms with Crippen molar-refractivity contribution in [3.8, 4) is 0 Å². The predicted octanol–water partition coefficient (Wildman–Crippen LogP) is 5.04. The monoisotopic (exact) mass is 368 g/mol. The Balaban J connectivity index is 1.97. The van der Waals surface area contributed by atoms with Crippen LogP contribution < -0.4 is 10.6 Å². The third-order valence-corrected chi connectivity index (χ3v) is 4.35. The SMILES string of the molecule is Cc1ccc(NC(=O)CN[C@H](C)c2cc(F)c(Cl)cc2Cl)c(C)c1. The highest BCUT2D eigenvalue weighted by molar-refractivity contribution is 6.35. The number of nitrogens with one attached hydrogen (secondary N) is 2. The second-order valence-corrected chi connectivity index (χ2v) is 6.57. The number of amides is 1. The van der Waals surface area contributed by atoms with E-state index in [0.29, 0.717) is 10.6 Å². The normalized spacial score (nSPS) is 12.1. The average molecular weight is 369 g/mol. The van der Waals surface area contributed by atoms with E-state index in [4.69, 9.17) is 23.2 Å². The fraction of sp³-hybridized carbons (Fsp3) is 0.278. The van der Waals surface area contributed by atoms with Crippen LogP contribution in [0.3, 0.4) is 0 Å². The Morgan fingerprint density at radius 1 is 1.17 bits per heavy atom. The van der Waals surface area contributed by atoms with Gasteiger partial charge in [0, 0.05) is 16.8 Å². The number of benzene rings is 2. The van der Waals surface area contributed by atoms with E-state index in [1.54, 1.807) is 6.92 Å². The highest BCUT2D eigenvalue weighted by Gasteiger charge is 2.14. The summed E-state index contributed by atoms with van der Waals surface area (Å²) in [6.07, 6.45) is 0. The van der Waals surface area contributed by atoms with Crippen molar-refractivity contribution >= 4 is 34.8 Å². The molecule has 2 aromatic carbocycles. The molecule has 0 bridgehead atoms. The first-order valence-electron chi connectivity index (χ1n) is 7.53. The van der Waals surface area contributed by atoms with Crippen LogP contribution >= 0.6 is 23.2 Å². The molecule has 2 aromatic rings. The zero-order chi connectivity index (χ0) is 17.9. The minimum atomic E-state index is -0.538. The average Bonchev–Trinajstić information content (AvgIpc) is 2.51. The summed E-state index contributed by atoms with van der Waals surface area (Å²) in [6.45, 7) is 5.82. The van der Waals surface area contributed by atoms with Gasteiger partial charge in [0.25, 0.3) is 0 Å². The molecule has 0 fully saturated rings. The van der Waals surface area contributed by atoms with Gasteiger partial charge in [-0.2, -0.15) is 0 Å². The summed E-state index contributed by atoms with van der Waals surface area (Å²) in [7, 11) is 0. The number of aryl methyl sites for hydroxylation is 2. The third-order valence-electron chi connectivity index (χ3n) is 3.73. The van der Waals surface area contributed by atoms with Crippen LogP contribution in [0.1, 0.15) is 29.7 Å². The van der Waals surface area contributed by atoms with E-state index in [2.05, 4.69) is 10.6 Å². The summed E-state index contributed by atoms with van der Waals surface area (Å²) in [5.74, 6) is -0.719. The summed E-state index contributed by atoms with van der Waals surface area (Å²) in [4.78, 5) is 12.1. The first-order valence-corrected chi connectivity index (χ1v) is 8.28. The lowest BCUT2D eigenvalue weighted by molar-refractivity contribution is -0.115. The van der Waals surface area contributed by atoms with Crippen LogP contribution in [0, 0.1) is 19.7 Å². The number of halogens is 3. The summed E-state index contributed by atoms with van der Waals surface area (Å²) in [6, 6.07) is 8.16. The Hall–Kier alpha value is -1.62. The number of rotatable bonds is 5. The molecule has 0 aliphatic carbocycles. The fourth-order valence-electron chi connectivity index (χ4n) is 2.37. The van der Waals surface area contributed by atoms with Gasteiger partial charge >= 0.3 is 0 Å². The van der Waals surface area contributed by atoms with Gasteiger partial charge in [0.2, 0.25) is 5.91 Å². The lowest BCUT2D eigenvalue weighted by Gasteiger charge is -2.16. The Kier molecular flexibility index (Phi) is 6.21. The van der Waals surface area contributed by atoms with Crippen molar-refractivity contribution in [2.45, 2.75) is 26.8 Å². The number of carbonyl (C=O) groups excluding carboxylic acids is 1. The molecule has 0 aromatic heterocycles. The summed E-state index contributed by atoms with van der Waals surface area (Å²) in [5.41, 5.74) is 3.46. The molecule has 1 amide bonds. The van der Waals surface area contributed by atoms with E-state index in [-0.39, 0.29) is 23.5 Å². The number of anilines is 1. The molecule has 0 aliphatic heterocycles. The van der Waals surface area contributed by atoms with Crippen LogP contribution in [0.5, 0.6) is 0 Å². The third kappa shape index (κ3) is 4.69. The Labute approximate surface area is 151 Å². The first kappa shape index (κ1) is 18.7. The standard InChI is InChI=1S/C18H19Cl2FN2O/c1-10-4-5-17(11(2)6-10)23-18(24)9-22-12(3)13-7-16(21)15(20)8-14(13)19/h4-8,12,22H,9H2,1-3H3,(H,23,24)/t12-/m1/s1. The van der Waals surface area contributed by atoms with Gasteiger partial charge in [-0.3, -0.25) is 4.79 Å². The minimum Gasteiger partial charge on any atom is -0.325 e. The van der Waals surface area contributed by atoms with Crippen LogP contribution in [0.4, 0.5) is 10.1 Å². The van der Waals surface area contributed by atoms with Crippen LogP contribution in [-0.2, 0) is 4.79 Å². The molecule has 6 heteroatoms. The number of carbonyl (C=O) groups is 1. The molecule has 2 rings (SSSR count). The first-order chi connectivity index (χ1) is 11.3. The highest BCUT2D eigenvalue weighted by Crippen LogP contribution is 2.28. The Morgan fingerprint density at radius 2 is 1.88 bits per heavy atom. The van der Waals surface area contributed by atoms with E-state index in [0.717, 1.165) is 16.8 Å². The highest BCUT2D eigenvalue weighted by atomic mass is 35.5. The molecule has 0 unspecified atom stereocenters. The van der Waals surface area contributed by atoms with Crippen molar-refractivity contribution in [1.29, 1.82) is 0 Å². The van der Waals surface area contributed by atoms with Crippen molar-refractivity contribution in [2.75, 3.05) is 11.9 Å². The molecule has 0 spiro atoms. The maximum atomic E-state index is 13.6. The van der Waals surface area contributed by atoms with E-state index in [1.165, 1.54) is 12.1 Å². The molecule has 128 valence electrons. The van der Waals surface area contributed by atoms with Gasteiger partial charge in [0.1, 0.15) is 5.82 Å². The molecule has 1 atom stereocenters. The molecule has 24 heavy (non-hydrogen) atoms. The molecule has 3 nitrogen and oxygen atoms in total. The summed E-state index contributed by atoms with van der Waals surface area (Å²) >= 11 is 11.8. The van der Waals surface area contributed by atoms with Crippen LogP contribution in [0.2, 0.25) is 10.0 Å². The van der Waals surface area contributed by atoms with Gasteiger partial charge in [-0.05, 0) is 50.1 Å². The van der Waals surface area contributed by atoms with E-state index >= 15 is 0 Å².